The predicted octanol–water partition coefficient (Wildman–Crippen LogP) is 4.89. The van der Waals surface area contributed by atoms with Crippen LogP contribution in [-0.2, 0) is 26.2 Å². The van der Waals surface area contributed by atoms with Gasteiger partial charge in [-0.1, -0.05) is 67.8 Å². The van der Waals surface area contributed by atoms with E-state index in [-0.39, 0.29) is 29.1 Å². The van der Waals surface area contributed by atoms with Gasteiger partial charge in [0.25, 0.3) is 10.0 Å². The Morgan fingerprint density at radius 2 is 1.49 bits per heavy atom. The Hall–Kier alpha value is -3.72. The first-order valence-corrected chi connectivity index (χ1v) is 14.7. The van der Waals surface area contributed by atoms with Gasteiger partial charge in [-0.05, 0) is 61.7 Å². The summed E-state index contributed by atoms with van der Waals surface area (Å²) >= 11 is 0. The predicted molar refractivity (Wildman–Crippen MR) is 149 cm³/mol. The summed E-state index contributed by atoms with van der Waals surface area (Å²) in [6, 6.07) is 21.2. The standard InChI is InChI=1S/C30H34FN3O4S/c1-23(30(36)32-26-13-7-3-8-14-26)33(21-24-11-5-2-6-12-24)29(35)22-34(27-19-17-25(31)18-20-27)39(37,38)28-15-9-4-10-16-28/h2,4-6,9-12,15-20,23,26H,3,7-8,13-14,21-22H2,1H3,(H,32,36)/t23-/m1/s1. The van der Waals surface area contributed by atoms with Crippen LogP contribution in [0, 0.1) is 5.82 Å². The number of benzene rings is 3. The number of sulfonamides is 1. The Kier molecular flexibility index (Phi) is 9.35. The zero-order valence-electron chi connectivity index (χ0n) is 22.0. The lowest BCUT2D eigenvalue weighted by Gasteiger charge is -2.33. The molecule has 0 spiro atoms. The molecule has 0 heterocycles. The summed E-state index contributed by atoms with van der Waals surface area (Å²) in [5.41, 5.74) is 0.954. The van der Waals surface area contributed by atoms with Crippen molar-refractivity contribution in [3.05, 3.63) is 96.3 Å². The summed E-state index contributed by atoms with van der Waals surface area (Å²) < 4.78 is 42.0. The Labute approximate surface area is 229 Å². The van der Waals surface area contributed by atoms with Crippen molar-refractivity contribution in [2.24, 2.45) is 0 Å². The molecule has 2 amide bonds. The van der Waals surface area contributed by atoms with E-state index in [1.54, 1.807) is 25.1 Å². The van der Waals surface area contributed by atoms with E-state index in [9.17, 15) is 22.4 Å². The quantitative estimate of drug-likeness (QED) is 0.389. The molecule has 0 saturated heterocycles. The van der Waals surface area contributed by atoms with Crippen molar-refractivity contribution in [2.45, 2.75) is 62.6 Å². The number of nitrogens with one attached hydrogen (secondary N) is 1. The number of carbonyl (C=O) groups is 2. The third-order valence-corrected chi connectivity index (χ3v) is 8.83. The van der Waals surface area contributed by atoms with Gasteiger partial charge in [-0.2, -0.15) is 0 Å². The van der Waals surface area contributed by atoms with Gasteiger partial charge in [0, 0.05) is 12.6 Å². The fraction of sp³-hybridized carbons (Fsp3) is 0.333. The third-order valence-electron chi connectivity index (χ3n) is 7.04. The second-order valence-electron chi connectivity index (χ2n) is 9.83. The summed E-state index contributed by atoms with van der Waals surface area (Å²) in [7, 11) is -4.17. The van der Waals surface area contributed by atoms with E-state index in [1.165, 1.54) is 29.2 Å². The van der Waals surface area contributed by atoms with Crippen LogP contribution in [0.2, 0.25) is 0 Å². The Bertz CT molecular complexity index is 1350. The van der Waals surface area contributed by atoms with Gasteiger partial charge in [-0.3, -0.25) is 13.9 Å². The van der Waals surface area contributed by atoms with Crippen LogP contribution in [0.15, 0.2) is 89.8 Å². The van der Waals surface area contributed by atoms with Gasteiger partial charge in [0.15, 0.2) is 0 Å². The fourth-order valence-electron chi connectivity index (χ4n) is 4.79. The SMILES string of the molecule is C[C@H](C(=O)NC1CCCCC1)N(Cc1ccccc1)C(=O)CN(c1ccc(F)cc1)S(=O)(=O)c1ccccc1. The van der Waals surface area contributed by atoms with E-state index >= 15 is 0 Å². The van der Waals surface area contributed by atoms with E-state index in [1.807, 2.05) is 30.3 Å². The molecule has 0 aliphatic heterocycles. The molecule has 1 atom stereocenters. The lowest BCUT2D eigenvalue weighted by Crippen LogP contribution is -2.53. The molecular formula is C30H34FN3O4S. The number of anilines is 1. The number of nitrogens with zero attached hydrogens (tertiary/aromatic N) is 2. The lowest BCUT2D eigenvalue weighted by molar-refractivity contribution is -0.139. The van der Waals surface area contributed by atoms with Crippen LogP contribution in [-0.4, -0.2) is 43.8 Å². The highest BCUT2D eigenvalue weighted by Crippen LogP contribution is 2.25. The van der Waals surface area contributed by atoms with E-state index in [0.29, 0.717) is 0 Å². The molecule has 1 aliphatic carbocycles. The largest absolute Gasteiger partial charge is 0.352 e. The smallest absolute Gasteiger partial charge is 0.264 e. The number of halogens is 1. The summed E-state index contributed by atoms with van der Waals surface area (Å²) in [5.74, 6) is -1.35. The molecule has 0 radical (unpaired) electrons. The van der Waals surface area contributed by atoms with Crippen LogP contribution in [0.5, 0.6) is 0 Å². The second kappa shape index (κ2) is 12.9. The van der Waals surface area contributed by atoms with Crippen LogP contribution < -0.4 is 9.62 Å². The zero-order chi connectivity index (χ0) is 27.8. The van der Waals surface area contributed by atoms with Crippen LogP contribution in [0.1, 0.15) is 44.6 Å². The van der Waals surface area contributed by atoms with Crippen molar-refractivity contribution in [1.29, 1.82) is 0 Å². The minimum Gasteiger partial charge on any atom is -0.352 e. The van der Waals surface area contributed by atoms with E-state index in [2.05, 4.69) is 5.32 Å². The lowest BCUT2D eigenvalue weighted by atomic mass is 9.95. The molecule has 3 aromatic rings. The minimum absolute atomic E-state index is 0.000163. The molecule has 1 aliphatic rings. The van der Waals surface area contributed by atoms with Crippen LogP contribution in [0.25, 0.3) is 0 Å². The molecule has 7 nitrogen and oxygen atoms in total. The summed E-state index contributed by atoms with van der Waals surface area (Å²) in [6.45, 7) is 1.23. The molecule has 206 valence electrons. The number of hydrogen-bond donors (Lipinski definition) is 1. The monoisotopic (exact) mass is 551 g/mol. The summed E-state index contributed by atoms with van der Waals surface area (Å²) in [4.78, 5) is 28.6. The number of amides is 2. The third kappa shape index (κ3) is 7.23. The van der Waals surface area contributed by atoms with Crippen molar-refractivity contribution in [1.82, 2.24) is 10.2 Å². The van der Waals surface area contributed by atoms with Gasteiger partial charge in [-0.25, -0.2) is 12.8 Å². The maximum Gasteiger partial charge on any atom is 0.264 e. The average Bonchev–Trinajstić information content (AvgIpc) is 2.96. The zero-order valence-corrected chi connectivity index (χ0v) is 22.8. The van der Waals surface area contributed by atoms with Crippen molar-refractivity contribution in [2.75, 3.05) is 10.8 Å². The molecule has 0 bridgehead atoms. The van der Waals surface area contributed by atoms with E-state index in [0.717, 1.165) is 54.1 Å². The topological polar surface area (TPSA) is 86.8 Å². The summed E-state index contributed by atoms with van der Waals surface area (Å²) in [6.07, 6.45) is 5.05. The molecule has 1 saturated carbocycles. The van der Waals surface area contributed by atoms with E-state index < -0.39 is 34.3 Å². The molecule has 9 heteroatoms. The number of rotatable bonds is 10. The first kappa shape index (κ1) is 28.3. The van der Waals surface area contributed by atoms with Crippen molar-refractivity contribution in [3.63, 3.8) is 0 Å². The van der Waals surface area contributed by atoms with Crippen LogP contribution >= 0.6 is 0 Å². The first-order valence-electron chi connectivity index (χ1n) is 13.2. The van der Waals surface area contributed by atoms with Crippen molar-refractivity contribution < 1.29 is 22.4 Å². The molecule has 1 N–H and O–H groups in total. The number of carbonyl (C=O) groups excluding carboxylic acids is 2. The molecule has 1 fully saturated rings. The van der Waals surface area contributed by atoms with Gasteiger partial charge in [0.1, 0.15) is 18.4 Å². The molecule has 4 rings (SSSR count). The van der Waals surface area contributed by atoms with Gasteiger partial charge in [0.05, 0.1) is 10.6 Å². The maximum absolute atomic E-state index is 13.9. The van der Waals surface area contributed by atoms with Crippen molar-refractivity contribution in [3.8, 4) is 0 Å². The molecule has 0 aromatic heterocycles. The Balaban J connectivity index is 1.64. The highest BCUT2D eigenvalue weighted by molar-refractivity contribution is 7.92. The maximum atomic E-state index is 13.9. The van der Waals surface area contributed by atoms with E-state index in [4.69, 9.17) is 0 Å². The van der Waals surface area contributed by atoms with Crippen LogP contribution in [0.3, 0.4) is 0 Å². The Morgan fingerprint density at radius 3 is 2.10 bits per heavy atom. The van der Waals surface area contributed by atoms with Crippen LogP contribution in [0.4, 0.5) is 10.1 Å². The van der Waals surface area contributed by atoms with Gasteiger partial charge < -0.3 is 10.2 Å². The highest BCUT2D eigenvalue weighted by atomic mass is 32.2. The van der Waals surface area contributed by atoms with Gasteiger partial charge in [-0.15, -0.1) is 0 Å². The average molecular weight is 552 g/mol. The molecule has 0 unspecified atom stereocenters. The Morgan fingerprint density at radius 1 is 0.897 bits per heavy atom. The molecular weight excluding hydrogens is 517 g/mol. The normalized spacial score (nSPS) is 14.8. The van der Waals surface area contributed by atoms with Gasteiger partial charge >= 0.3 is 0 Å². The van der Waals surface area contributed by atoms with Crippen molar-refractivity contribution >= 4 is 27.5 Å². The minimum atomic E-state index is -4.17. The summed E-state index contributed by atoms with van der Waals surface area (Å²) in [5, 5.41) is 3.08. The van der Waals surface area contributed by atoms with Gasteiger partial charge in [0.2, 0.25) is 11.8 Å². The molecule has 39 heavy (non-hydrogen) atoms. The molecule has 3 aromatic carbocycles. The second-order valence-corrected chi connectivity index (χ2v) is 11.7. The fourth-order valence-corrected chi connectivity index (χ4v) is 6.22. The highest BCUT2D eigenvalue weighted by Gasteiger charge is 2.33. The number of hydrogen-bond acceptors (Lipinski definition) is 4. The first-order chi connectivity index (χ1) is 18.8.